The van der Waals surface area contributed by atoms with E-state index in [2.05, 4.69) is 25.2 Å². The summed E-state index contributed by atoms with van der Waals surface area (Å²) in [5, 5.41) is 10.7. The van der Waals surface area contributed by atoms with Crippen molar-refractivity contribution < 1.29 is 13.2 Å². The molecule has 2 heterocycles. The van der Waals surface area contributed by atoms with Gasteiger partial charge in [-0.15, -0.1) is 0 Å². The van der Waals surface area contributed by atoms with E-state index in [0.29, 0.717) is 30.2 Å². The molecule has 28 heavy (non-hydrogen) atoms. The summed E-state index contributed by atoms with van der Waals surface area (Å²) >= 11 is 0. The third-order valence-electron chi connectivity index (χ3n) is 4.43. The first-order valence-corrected chi connectivity index (χ1v) is 10.4. The number of para-hydroxylation sites is 1. The molecule has 2 aromatic carbocycles. The van der Waals surface area contributed by atoms with Crippen LogP contribution in [0, 0.1) is 0 Å². The number of carbonyl (C=O) groups excluding carboxylic acids is 1. The van der Waals surface area contributed by atoms with Crippen LogP contribution in [0.1, 0.15) is 18.5 Å². The molecule has 0 radical (unpaired) electrons. The lowest BCUT2D eigenvalue weighted by Gasteiger charge is -2.10. The molecule has 3 N–H and O–H groups in total. The summed E-state index contributed by atoms with van der Waals surface area (Å²) in [7, 11) is -3.73. The van der Waals surface area contributed by atoms with Gasteiger partial charge in [-0.1, -0.05) is 24.3 Å². The van der Waals surface area contributed by atoms with Crippen LogP contribution >= 0.6 is 0 Å². The Balaban J connectivity index is 1.47. The molecule has 1 aliphatic rings. The number of aliphatic imine (C=N–C) groups is 1. The molecule has 0 atom stereocenters. The van der Waals surface area contributed by atoms with E-state index in [-0.39, 0.29) is 17.2 Å². The van der Waals surface area contributed by atoms with Gasteiger partial charge in [-0.25, -0.2) is 8.42 Å². The number of fused-ring (bicyclic) bond motifs is 1. The number of rotatable bonds is 5. The minimum absolute atomic E-state index is 0.0758. The highest BCUT2D eigenvalue weighted by Crippen LogP contribution is 2.18. The van der Waals surface area contributed by atoms with E-state index in [4.69, 9.17) is 0 Å². The van der Waals surface area contributed by atoms with Crippen molar-refractivity contribution in [3.63, 3.8) is 0 Å². The monoisotopic (exact) mass is 397 g/mol. The van der Waals surface area contributed by atoms with Crippen molar-refractivity contribution in [1.82, 2.24) is 14.9 Å². The van der Waals surface area contributed by atoms with Crippen molar-refractivity contribution in [3.05, 3.63) is 54.2 Å². The third-order valence-corrected chi connectivity index (χ3v) is 5.81. The second-order valence-electron chi connectivity index (χ2n) is 6.51. The second kappa shape index (κ2) is 7.43. The van der Waals surface area contributed by atoms with Gasteiger partial charge in [-0.3, -0.25) is 19.6 Å². The highest BCUT2D eigenvalue weighted by atomic mass is 32.2. The summed E-state index contributed by atoms with van der Waals surface area (Å²) < 4.78 is 27.5. The van der Waals surface area contributed by atoms with Gasteiger partial charge in [0.15, 0.2) is 0 Å². The Morgan fingerprint density at radius 1 is 1.14 bits per heavy atom. The van der Waals surface area contributed by atoms with Gasteiger partial charge in [0.2, 0.25) is 5.91 Å². The van der Waals surface area contributed by atoms with E-state index in [1.54, 1.807) is 12.1 Å². The van der Waals surface area contributed by atoms with Crippen molar-refractivity contribution in [2.75, 3.05) is 11.9 Å². The van der Waals surface area contributed by atoms with Gasteiger partial charge in [0.05, 0.1) is 22.5 Å². The number of nitrogens with one attached hydrogen (secondary N) is 3. The van der Waals surface area contributed by atoms with Crippen LogP contribution in [-0.2, 0) is 21.2 Å². The molecule has 8 nitrogen and oxygen atoms in total. The number of H-pyrrole nitrogens is 1. The minimum atomic E-state index is -3.73. The first-order valence-electron chi connectivity index (χ1n) is 8.89. The average molecular weight is 397 g/mol. The first kappa shape index (κ1) is 18.2. The number of anilines is 1. The molecule has 0 unspecified atom stereocenters. The summed E-state index contributed by atoms with van der Waals surface area (Å²) in [4.78, 5) is 16.6. The van der Waals surface area contributed by atoms with E-state index in [9.17, 15) is 13.2 Å². The molecule has 0 saturated carbocycles. The zero-order valence-electron chi connectivity index (χ0n) is 15.0. The summed E-state index contributed by atoms with van der Waals surface area (Å²) in [5.74, 6) is 0.206. The van der Waals surface area contributed by atoms with Gasteiger partial charge in [0, 0.05) is 24.0 Å². The van der Waals surface area contributed by atoms with E-state index >= 15 is 0 Å². The maximum absolute atomic E-state index is 12.5. The molecular formula is C19H19N5O3S. The van der Waals surface area contributed by atoms with Gasteiger partial charge in [-0.05, 0) is 30.7 Å². The van der Waals surface area contributed by atoms with Gasteiger partial charge >= 0.3 is 0 Å². The van der Waals surface area contributed by atoms with E-state index in [0.717, 1.165) is 17.3 Å². The van der Waals surface area contributed by atoms with Crippen LogP contribution < -0.4 is 10.0 Å². The highest BCUT2D eigenvalue weighted by molar-refractivity contribution is 7.90. The predicted molar refractivity (Wildman–Crippen MR) is 107 cm³/mol. The number of hydrogen-bond acceptors (Lipinski definition) is 5. The molecule has 144 valence electrons. The molecule has 0 spiro atoms. The number of nitrogens with zero attached hydrogens (tertiary/aromatic N) is 2. The molecule has 1 aliphatic heterocycles. The molecule has 1 amide bonds. The molecule has 0 fully saturated rings. The molecule has 0 saturated heterocycles. The topological polar surface area (TPSA) is 116 Å². The molecule has 9 heteroatoms. The standard InChI is InChI=1S/C19H19N5O3S/c25-19(12-17-15-7-1-2-8-16(15)22-23-17)21-13-5-3-6-14(11-13)28(26,27)24-18-9-4-10-20-18/h1-3,5-8,11H,4,9-10,12H2,(H,20,24)(H,21,25)(H,22,23). The maximum atomic E-state index is 12.5. The van der Waals surface area contributed by atoms with Gasteiger partial charge in [-0.2, -0.15) is 5.10 Å². The van der Waals surface area contributed by atoms with Crippen molar-refractivity contribution in [2.45, 2.75) is 24.2 Å². The summed E-state index contributed by atoms with van der Waals surface area (Å²) in [6.45, 7) is 0.635. The molecule has 1 aromatic heterocycles. The fourth-order valence-corrected chi connectivity index (χ4v) is 4.23. The van der Waals surface area contributed by atoms with Crippen LogP contribution in [0.15, 0.2) is 58.4 Å². The van der Waals surface area contributed by atoms with Crippen molar-refractivity contribution in [3.8, 4) is 0 Å². The van der Waals surface area contributed by atoms with Crippen LogP contribution in [0.3, 0.4) is 0 Å². The second-order valence-corrected chi connectivity index (χ2v) is 8.19. The Bertz CT molecular complexity index is 1170. The summed E-state index contributed by atoms with van der Waals surface area (Å²) in [5.41, 5.74) is 1.90. The van der Waals surface area contributed by atoms with Crippen LogP contribution in [0.2, 0.25) is 0 Å². The SMILES string of the molecule is O=C(Cc1[nH]nc2ccccc12)Nc1cccc(S(=O)(=O)NC2=NCCC2)c1. The van der Waals surface area contributed by atoms with E-state index in [1.165, 1.54) is 12.1 Å². The summed E-state index contributed by atoms with van der Waals surface area (Å²) in [6.07, 6.45) is 1.57. The normalized spacial score (nSPS) is 14.1. The van der Waals surface area contributed by atoms with Gasteiger partial charge < -0.3 is 5.32 Å². The Hall–Kier alpha value is -3.20. The van der Waals surface area contributed by atoms with Gasteiger partial charge in [0.25, 0.3) is 10.0 Å². The smallest absolute Gasteiger partial charge is 0.262 e. The quantitative estimate of drug-likeness (QED) is 0.612. The fourth-order valence-electron chi connectivity index (χ4n) is 3.09. The van der Waals surface area contributed by atoms with Crippen LogP contribution in [0.4, 0.5) is 5.69 Å². The molecule has 0 aliphatic carbocycles. The fraction of sp³-hybridized carbons (Fsp3) is 0.211. The lowest BCUT2D eigenvalue weighted by molar-refractivity contribution is -0.115. The number of carbonyl (C=O) groups is 1. The Labute approximate surface area is 162 Å². The number of sulfonamides is 1. The number of amides is 1. The van der Waals surface area contributed by atoms with Gasteiger partial charge in [0.1, 0.15) is 5.84 Å². The molecular weight excluding hydrogens is 378 g/mol. The van der Waals surface area contributed by atoms with Crippen molar-refractivity contribution in [2.24, 2.45) is 4.99 Å². The number of benzene rings is 2. The highest BCUT2D eigenvalue weighted by Gasteiger charge is 2.19. The number of aromatic nitrogens is 2. The van der Waals surface area contributed by atoms with Crippen LogP contribution in [0.5, 0.6) is 0 Å². The molecule has 0 bridgehead atoms. The third kappa shape index (κ3) is 3.89. The minimum Gasteiger partial charge on any atom is -0.326 e. The first-order chi connectivity index (χ1) is 13.5. The van der Waals surface area contributed by atoms with Crippen LogP contribution in [-0.4, -0.2) is 36.9 Å². The summed E-state index contributed by atoms with van der Waals surface area (Å²) in [6, 6.07) is 13.7. The Morgan fingerprint density at radius 2 is 2.00 bits per heavy atom. The zero-order chi connectivity index (χ0) is 19.6. The number of hydrogen-bond donors (Lipinski definition) is 3. The maximum Gasteiger partial charge on any atom is 0.262 e. The Kier molecular flexibility index (Phi) is 4.82. The Morgan fingerprint density at radius 3 is 2.82 bits per heavy atom. The van der Waals surface area contributed by atoms with Crippen molar-refractivity contribution in [1.29, 1.82) is 0 Å². The number of amidine groups is 1. The number of aromatic amines is 1. The van der Waals surface area contributed by atoms with Crippen molar-refractivity contribution >= 4 is 38.4 Å². The van der Waals surface area contributed by atoms with Crippen LogP contribution in [0.25, 0.3) is 10.9 Å². The lowest BCUT2D eigenvalue weighted by Crippen LogP contribution is -2.29. The largest absolute Gasteiger partial charge is 0.326 e. The van der Waals surface area contributed by atoms with E-state index < -0.39 is 10.0 Å². The van der Waals surface area contributed by atoms with E-state index in [1.807, 2.05) is 24.3 Å². The average Bonchev–Trinajstić information content (AvgIpc) is 3.32. The zero-order valence-corrected chi connectivity index (χ0v) is 15.8. The molecule has 4 rings (SSSR count). The predicted octanol–water partition coefficient (Wildman–Crippen LogP) is 2.21. The molecule has 3 aromatic rings. The lowest BCUT2D eigenvalue weighted by atomic mass is 10.1.